The van der Waals surface area contributed by atoms with E-state index in [0.29, 0.717) is 18.6 Å². The van der Waals surface area contributed by atoms with Crippen molar-refractivity contribution < 1.29 is 5.11 Å². The van der Waals surface area contributed by atoms with E-state index in [2.05, 4.69) is 25.2 Å². The van der Waals surface area contributed by atoms with Crippen LogP contribution in [0, 0.1) is 5.92 Å². The first-order valence-electron chi connectivity index (χ1n) is 7.70. The van der Waals surface area contributed by atoms with E-state index in [9.17, 15) is 0 Å². The van der Waals surface area contributed by atoms with Gasteiger partial charge in [-0.25, -0.2) is 0 Å². The van der Waals surface area contributed by atoms with Crippen LogP contribution in [0.15, 0.2) is 6.07 Å². The number of thiophene rings is 1. The fourth-order valence-corrected chi connectivity index (χ4v) is 4.09. The molecule has 108 valence electrons. The summed E-state index contributed by atoms with van der Waals surface area (Å²) in [5.74, 6) is 0.599. The minimum atomic E-state index is 0.307. The van der Waals surface area contributed by atoms with Crippen LogP contribution in [-0.2, 0) is 12.8 Å². The van der Waals surface area contributed by atoms with Crippen LogP contribution in [0.2, 0.25) is 0 Å². The van der Waals surface area contributed by atoms with Gasteiger partial charge in [0, 0.05) is 22.4 Å². The largest absolute Gasteiger partial charge is 0.396 e. The molecule has 2 N–H and O–H groups in total. The van der Waals surface area contributed by atoms with Crippen molar-refractivity contribution >= 4 is 11.3 Å². The van der Waals surface area contributed by atoms with E-state index in [1.54, 1.807) is 10.4 Å². The highest BCUT2D eigenvalue weighted by Crippen LogP contribution is 2.32. The summed E-state index contributed by atoms with van der Waals surface area (Å²) in [7, 11) is 0. The first kappa shape index (κ1) is 15.0. The van der Waals surface area contributed by atoms with Gasteiger partial charge in [-0.05, 0) is 63.1 Å². The van der Waals surface area contributed by atoms with E-state index < -0.39 is 0 Å². The van der Waals surface area contributed by atoms with Crippen molar-refractivity contribution in [1.29, 1.82) is 0 Å². The van der Waals surface area contributed by atoms with Crippen molar-refractivity contribution in [2.45, 2.75) is 58.4 Å². The van der Waals surface area contributed by atoms with E-state index in [1.807, 2.05) is 11.3 Å². The van der Waals surface area contributed by atoms with Gasteiger partial charge in [-0.1, -0.05) is 13.3 Å². The molecule has 1 aromatic heterocycles. The zero-order valence-electron chi connectivity index (χ0n) is 12.2. The van der Waals surface area contributed by atoms with Crippen LogP contribution in [0.25, 0.3) is 0 Å². The summed E-state index contributed by atoms with van der Waals surface area (Å²) in [6.45, 7) is 5.79. The Morgan fingerprint density at radius 2 is 2.16 bits per heavy atom. The maximum Gasteiger partial charge on any atom is 0.0434 e. The smallest absolute Gasteiger partial charge is 0.0434 e. The van der Waals surface area contributed by atoms with Crippen molar-refractivity contribution in [3.8, 4) is 0 Å². The lowest BCUT2D eigenvalue weighted by Gasteiger charge is -2.18. The Kier molecular flexibility index (Phi) is 5.86. The third kappa shape index (κ3) is 4.04. The van der Waals surface area contributed by atoms with Gasteiger partial charge in [0.15, 0.2) is 0 Å². The molecule has 2 rings (SSSR count). The molecule has 0 bridgehead atoms. The van der Waals surface area contributed by atoms with Crippen LogP contribution in [0.5, 0.6) is 0 Å². The average molecular weight is 281 g/mol. The highest BCUT2D eigenvalue weighted by molar-refractivity contribution is 7.12. The zero-order valence-corrected chi connectivity index (χ0v) is 13.1. The SMILES string of the molecule is CCC(CCO)CNC(C)c1cc2c(s1)CCCC2. The van der Waals surface area contributed by atoms with Gasteiger partial charge in [0.25, 0.3) is 0 Å². The van der Waals surface area contributed by atoms with Crippen LogP contribution in [0.1, 0.15) is 60.9 Å². The zero-order chi connectivity index (χ0) is 13.7. The predicted octanol–water partition coefficient (Wildman–Crippen LogP) is 3.69. The molecule has 0 saturated carbocycles. The molecule has 0 aliphatic heterocycles. The van der Waals surface area contributed by atoms with Crippen molar-refractivity contribution in [3.05, 3.63) is 21.4 Å². The quantitative estimate of drug-likeness (QED) is 0.799. The topological polar surface area (TPSA) is 32.3 Å². The average Bonchev–Trinajstić information content (AvgIpc) is 2.87. The molecule has 3 heteroatoms. The van der Waals surface area contributed by atoms with Crippen molar-refractivity contribution in [1.82, 2.24) is 5.32 Å². The highest BCUT2D eigenvalue weighted by Gasteiger charge is 2.17. The molecule has 2 nitrogen and oxygen atoms in total. The van der Waals surface area contributed by atoms with Crippen LogP contribution in [0.4, 0.5) is 0 Å². The molecule has 0 radical (unpaired) electrons. The van der Waals surface area contributed by atoms with Crippen molar-refractivity contribution in [3.63, 3.8) is 0 Å². The fraction of sp³-hybridized carbons (Fsp3) is 0.750. The molecular weight excluding hydrogens is 254 g/mol. The second-order valence-corrected chi connectivity index (χ2v) is 6.89. The third-order valence-corrected chi connectivity index (χ3v) is 5.69. The first-order valence-corrected chi connectivity index (χ1v) is 8.52. The third-order valence-electron chi connectivity index (χ3n) is 4.27. The maximum atomic E-state index is 9.03. The van der Waals surface area contributed by atoms with E-state index in [-0.39, 0.29) is 0 Å². The Hall–Kier alpha value is -0.380. The number of nitrogens with one attached hydrogen (secondary N) is 1. The summed E-state index contributed by atoms with van der Waals surface area (Å²) in [5, 5.41) is 12.7. The predicted molar refractivity (Wildman–Crippen MR) is 82.9 cm³/mol. The molecule has 1 aliphatic carbocycles. The summed E-state index contributed by atoms with van der Waals surface area (Å²) in [6, 6.07) is 2.87. The van der Waals surface area contributed by atoms with E-state index in [0.717, 1.165) is 19.4 Å². The highest BCUT2D eigenvalue weighted by atomic mass is 32.1. The minimum Gasteiger partial charge on any atom is -0.396 e. The molecule has 19 heavy (non-hydrogen) atoms. The molecule has 0 spiro atoms. The number of hydrogen-bond donors (Lipinski definition) is 2. The number of fused-ring (bicyclic) bond motifs is 1. The molecule has 0 saturated heterocycles. The lowest BCUT2D eigenvalue weighted by molar-refractivity contribution is 0.249. The Bertz CT molecular complexity index is 365. The Balaban J connectivity index is 1.88. The lowest BCUT2D eigenvalue weighted by atomic mass is 9.98. The van der Waals surface area contributed by atoms with Crippen molar-refractivity contribution in [2.24, 2.45) is 5.92 Å². The summed E-state index contributed by atoms with van der Waals surface area (Å²) in [5.41, 5.74) is 1.60. The van der Waals surface area contributed by atoms with Gasteiger partial charge in [-0.15, -0.1) is 11.3 Å². The molecule has 0 aromatic carbocycles. The van der Waals surface area contributed by atoms with E-state index in [1.165, 1.54) is 30.6 Å². The van der Waals surface area contributed by atoms with Crippen molar-refractivity contribution in [2.75, 3.05) is 13.2 Å². The van der Waals surface area contributed by atoms with Gasteiger partial charge in [0.05, 0.1) is 0 Å². The van der Waals surface area contributed by atoms with Gasteiger partial charge in [0.2, 0.25) is 0 Å². The monoisotopic (exact) mass is 281 g/mol. The number of aliphatic hydroxyl groups is 1. The lowest BCUT2D eigenvalue weighted by Crippen LogP contribution is -2.25. The fourth-order valence-electron chi connectivity index (χ4n) is 2.80. The molecular formula is C16H27NOS. The molecule has 0 amide bonds. The van der Waals surface area contributed by atoms with Crippen LogP contribution in [0.3, 0.4) is 0 Å². The molecule has 1 aromatic rings. The van der Waals surface area contributed by atoms with Gasteiger partial charge in [-0.2, -0.15) is 0 Å². The number of rotatable bonds is 7. The minimum absolute atomic E-state index is 0.307. The number of aliphatic hydroxyl groups excluding tert-OH is 1. The summed E-state index contributed by atoms with van der Waals surface area (Å²) in [6.07, 6.45) is 7.34. The van der Waals surface area contributed by atoms with E-state index in [4.69, 9.17) is 5.11 Å². The molecule has 2 unspecified atom stereocenters. The van der Waals surface area contributed by atoms with Crippen LogP contribution < -0.4 is 5.32 Å². The van der Waals surface area contributed by atoms with Gasteiger partial charge in [0.1, 0.15) is 0 Å². The van der Waals surface area contributed by atoms with Gasteiger partial charge in [-0.3, -0.25) is 0 Å². The molecule has 2 atom stereocenters. The Morgan fingerprint density at radius 1 is 1.37 bits per heavy atom. The van der Waals surface area contributed by atoms with Gasteiger partial charge < -0.3 is 10.4 Å². The Labute approximate surface area is 121 Å². The van der Waals surface area contributed by atoms with Gasteiger partial charge >= 0.3 is 0 Å². The standard InChI is InChI=1S/C16H27NOS/c1-3-13(8-9-18)11-17-12(2)16-10-14-6-4-5-7-15(14)19-16/h10,12-13,17-18H,3-9,11H2,1-2H3. The summed E-state index contributed by atoms with van der Waals surface area (Å²) < 4.78 is 0. The second kappa shape index (κ2) is 7.41. The van der Waals surface area contributed by atoms with Crippen LogP contribution in [-0.4, -0.2) is 18.3 Å². The molecule has 0 fully saturated rings. The summed E-state index contributed by atoms with van der Waals surface area (Å²) in [4.78, 5) is 3.11. The number of aryl methyl sites for hydroxylation is 2. The maximum absolute atomic E-state index is 9.03. The normalized spacial score (nSPS) is 18.1. The van der Waals surface area contributed by atoms with Crippen LogP contribution >= 0.6 is 11.3 Å². The summed E-state index contributed by atoms with van der Waals surface area (Å²) >= 11 is 2.00. The molecule has 1 heterocycles. The van der Waals surface area contributed by atoms with E-state index >= 15 is 0 Å². The second-order valence-electron chi connectivity index (χ2n) is 5.72. The Morgan fingerprint density at radius 3 is 2.84 bits per heavy atom. The first-order chi connectivity index (χ1) is 9.24. The number of hydrogen-bond acceptors (Lipinski definition) is 3. The molecule has 1 aliphatic rings.